The summed E-state index contributed by atoms with van der Waals surface area (Å²) >= 11 is 2.48. The number of hydrogen-bond acceptors (Lipinski definition) is 11. The lowest BCUT2D eigenvalue weighted by Crippen LogP contribution is -2.71. The van der Waals surface area contributed by atoms with Gasteiger partial charge in [-0.2, -0.15) is 0 Å². The van der Waals surface area contributed by atoms with Gasteiger partial charge in [0, 0.05) is 34.5 Å². The molecule has 15 heteroatoms. The van der Waals surface area contributed by atoms with Crippen LogP contribution in [0.25, 0.3) is 0 Å². The van der Waals surface area contributed by atoms with Gasteiger partial charge in [0.2, 0.25) is 0 Å². The minimum Gasteiger partial charge on any atom is -0.543 e. The van der Waals surface area contributed by atoms with E-state index in [1.54, 1.807) is 17.8 Å². The molecule has 0 radical (unpaired) electrons. The molecule has 3 aromatic heterocycles. The van der Waals surface area contributed by atoms with E-state index in [9.17, 15) is 19.5 Å². The zero-order chi connectivity index (χ0) is 26.8. The highest BCUT2D eigenvalue weighted by Gasteiger charge is 2.53. The van der Waals surface area contributed by atoms with E-state index in [1.165, 1.54) is 23.0 Å². The first-order chi connectivity index (χ1) is 18.3. The average molecular weight is 555 g/mol. The Morgan fingerprint density at radius 3 is 2.82 bits per heavy atom. The predicted molar refractivity (Wildman–Crippen MR) is 135 cm³/mol. The van der Waals surface area contributed by atoms with Gasteiger partial charge in [0.25, 0.3) is 11.8 Å². The highest BCUT2D eigenvalue weighted by atomic mass is 32.2. The number of rotatable bonds is 9. The number of pyridine rings is 1. The molecule has 5 heterocycles. The van der Waals surface area contributed by atoms with Crippen LogP contribution in [0.15, 0.2) is 58.7 Å². The number of imidazole rings is 1. The van der Waals surface area contributed by atoms with Gasteiger partial charge in [-0.25, -0.2) is 14.5 Å². The first-order valence-corrected chi connectivity index (χ1v) is 13.3. The lowest BCUT2D eigenvalue weighted by atomic mass is 10.0. The average Bonchev–Trinajstić information content (AvgIpc) is 3.52. The van der Waals surface area contributed by atoms with Crippen LogP contribution in [-0.4, -0.2) is 60.5 Å². The number of oxime groups is 1. The number of thiazole rings is 1. The molecule has 0 bridgehead atoms. The van der Waals surface area contributed by atoms with Crippen LogP contribution < -0.4 is 20.7 Å². The third kappa shape index (κ3) is 4.97. The largest absolute Gasteiger partial charge is 0.543 e. The Kier molecular flexibility index (Phi) is 7.11. The summed E-state index contributed by atoms with van der Waals surface area (Å²) in [6, 6.07) is 4.53. The molecule has 2 atom stereocenters. The summed E-state index contributed by atoms with van der Waals surface area (Å²) < 4.78 is 1.81. The molecule has 0 aromatic carbocycles. The van der Waals surface area contributed by atoms with Gasteiger partial charge in [-0.3, -0.25) is 14.5 Å². The van der Waals surface area contributed by atoms with Crippen molar-refractivity contribution < 1.29 is 28.9 Å². The van der Waals surface area contributed by atoms with Crippen molar-refractivity contribution in [1.82, 2.24) is 25.2 Å². The smallest absolute Gasteiger partial charge is 0.276 e. The van der Waals surface area contributed by atoms with Gasteiger partial charge in [-0.1, -0.05) is 11.2 Å². The Morgan fingerprint density at radius 1 is 1.37 bits per heavy atom. The number of aryl methyl sites for hydroxylation is 1. The molecule has 38 heavy (non-hydrogen) atoms. The van der Waals surface area contributed by atoms with Crippen LogP contribution in [0.4, 0.5) is 5.13 Å². The van der Waals surface area contributed by atoms with Crippen molar-refractivity contribution in [2.75, 3.05) is 11.5 Å². The van der Waals surface area contributed by atoms with E-state index in [2.05, 4.69) is 25.4 Å². The van der Waals surface area contributed by atoms with Gasteiger partial charge in [0.15, 0.2) is 36.4 Å². The van der Waals surface area contributed by atoms with Crippen LogP contribution in [0.3, 0.4) is 0 Å². The van der Waals surface area contributed by atoms with Crippen molar-refractivity contribution >= 4 is 51.7 Å². The number of hydrogen-bond donors (Lipinski definition) is 3. The number of carbonyl (C=O) groups excluding carboxylic acids is 3. The fourth-order valence-corrected chi connectivity index (χ4v) is 5.94. The second kappa shape index (κ2) is 10.6. The Morgan fingerprint density at radius 2 is 2.16 bits per heavy atom. The summed E-state index contributed by atoms with van der Waals surface area (Å²) in [4.78, 5) is 56.0. The van der Waals surface area contributed by atoms with Gasteiger partial charge in [0.1, 0.15) is 22.8 Å². The highest BCUT2D eigenvalue weighted by Crippen LogP contribution is 2.40. The number of carbonyl (C=O) groups is 3. The van der Waals surface area contributed by atoms with Crippen LogP contribution in [-0.2, 0) is 32.4 Å². The number of β-lactam (4-membered cyclic amide) rings is 1. The van der Waals surface area contributed by atoms with Crippen molar-refractivity contribution in [3.63, 3.8) is 0 Å². The fourth-order valence-electron chi connectivity index (χ4n) is 4.05. The molecule has 0 aliphatic carbocycles. The van der Waals surface area contributed by atoms with Crippen molar-refractivity contribution in [2.45, 2.75) is 31.5 Å². The van der Waals surface area contributed by atoms with E-state index < -0.39 is 29.2 Å². The first kappa shape index (κ1) is 25.4. The number of aromatic nitrogens is 4. The minimum atomic E-state index is -1.44. The number of nitrogens with one attached hydrogen (secondary N) is 2. The summed E-state index contributed by atoms with van der Waals surface area (Å²) in [7, 11) is 0. The molecule has 1 saturated heterocycles. The predicted octanol–water partition coefficient (Wildman–Crippen LogP) is -0.931. The van der Waals surface area contributed by atoms with Gasteiger partial charge in [0.05, 0.1) is 18.0 Å². The number of carboxylic acid groups (broad SMARTS) is 1. The van der Waals surface area contributed by atoms with E-state index in [0.717, 1.165) is 17.0 Å². The summed E-state index contributed by atoms with van der Waals surface area (Å²) in [5, 5.41) is 19.8. The maximum Gasteiger partial charge on any atom is 0.276 e. The number of nitrogens with two attached hydrogens (primary N) is 1. The normalized spacial score (nSPS) is 19.1. The maximum atomic E-state index is 13.2. The molecular formula is C23H22N8O5S2. The second-order valence-electron chi connectivity index (χ2n) is 8.41. The lowest BCUT2D eigenvalue weighted by molar-refractivity contribution is -0.689. The van der Waals surface area contributed by atoms with Gasteiger partial charge in [-0.05, 0) is 6.92 Å². The number of aliphatic carboxylic acids is 1. The molecule has 1 fully saturated rings. The maximum absolute atomic E-state index is 13.2. The highest BCUT2D eigenvalue weighted by molar-refractivity contribution is 8.00. The molecule has 2 amide bonds. The molecular weight excluding hydrogens is 532 g/mol. The number of nitrogen functional groups attached to an aromatic ring is 1. The van der Waals surface area contributed by atoms with Crippen molar-refractivity contribution in [1.29, 1.82) is 0 Å². The first-order valence-electron chi connectivity index (χ1n) is 11.4. The third-order valence-corrected chi connectivity index (χ3v) is 7.96. The van der Waals surface area contributed by atoms with E-state index in [-0.39, 0.29) is 28.8 Å². The van der Waals surface area contributed by atoms with Crippen molar-refractivity contribution in [3.8, 4) is 0 Å². The molecule has 0 unspecified atom stereocenters. The number of amides is 2. The fraction of sp³-hybridized carbons (Fsp3) is 0.261. The molecule has 5 rings (SSSR count). The van der Waals surface area contributed by atoms with Crippen LogP contribution >= 0.6 is 23.1 Å². The van der Waals surface area contributed by atoms with Crippen LogP contribution in [0.1, 0.15) is 17.1 Å². The van der Waals surface area contributed by atoms with Crippen LogP contribution in [0, 0.1) is 6.92 Å². The zero-order valence-electron chi connectivity index (χ0n) is 20.0. The summed E-state index contributed by atoms with van der Waals surface area (Å²) in [5.41, 5.74) is 7.53. The number of thioether (sulfide) groups is 1. The standard InChI is InChI=1S/C23H22N8O5S2/c1-12-14(26-11-25-12)8-36-29-16(15-10-38-23(24)27-15)19(32)28-17-20(33)31-18(22(34)35)13(9-37-21(17)31)7-30-5-3-2-4-6-30/h2-6,10-11,17,21H,7-9H2,1H3,(H4-,24,25,26,27,28,32,34,35)/t17-,21+/m1/s1. The number of anilines is 1. The number of aromatic amines is 1. The van der Waals surface area contributed by atoms with Crippen LogP contribution in [0.2, 0.25) is 0 Å². The molecule has 4 N–H and O–H groups in total. The Hall–Kier alpha value is -4.24. The Labute approximate surface area is 224 Å². The topological polar surface area (TPSA) is 183 Å². The number of carboxylic acids is 1. The van der Waals surface area contributed by atoms with Gasteiger partial charge >= 0.3 is 0 Å². The number of H-pyrrole nitrogens is 1. The quantitative estimate of drug-likeness (QED) is 0.130. The summed E-state index contributed by atoms with van der Waals surface area (Å²) in [5.74, 6) is -2.36. The number of nitrogens with zero attached hydrogens (tertiary/aromatic N) is 5. The van der Waals surface area contributed by atoms with E-state index in [1.807, 2.05) is 29.7 Å². The summed E-state index contributed by atoms with van der Waals surface area (Å²) in [6.07, 6.45) is 5.12. The van der Waals surface area contributed by atoms with Crippen molar-refractivity contribution in [2.24, 2.45) is 5.16 Å². The van der Waals surface area contributed by atoms with Crippen molar-refractivity contribution in [3.05, 3.63) is 70.7 Å². The minimum absolute atomic E-state index is 0.00230. The monoisotopic (exact) mass is 554 g/mol. The molecule has 196 valence electrons. The second-order valence-corrected chi connectivity index (χ2v) is 10.4. The third-order valence-electron chi connectivity index (χ3n) is 5.95. The molecule has 0 saturated carbocycles. The summed E-state index contributed by atoms with van der Waals surface area (Å²) in [6.45, 7) is 2.11. The molecule has 13 nitrogen and oxygen atoms in total. The molecule has 3 aromatic rings. The molecule has 2 aliphatic rings. The van der Waals surface area contributed by atoms with E-state index >= 15 is 0 Å². The van der Waals surface area contributed by atoms with E-state index in [0.29, 0.717) is 23.6 Å². The molecule has 2 aliphatic heterocycles. The van der Waals surface area contributed by atoms with Gasteiger partial charge < -0.3 is 30.8 Å². The van der Waals surface area contributed by atoms with Crippen LogP contribution in [0.5, 0.6) is 0 Å². The van der Waals surface area contributed by atoms with E-state index in [4.69, 9.17) is 10.6 Å². The Bertz CT molecular complexity index is 1450. The lowest BCUT2D eigenvalue weighted by Gasteiger charge is -2.50. The number of fused-ring (bicyclic) bond motifs is 1. The van der Waals surface area contributed by atoms with Gasteiger partial charge in [-0.15, -0.1) is 23.1 Å². The molecule has 0 spiro atoms. The SMILES string of the molecule is Cc1[nH]cnc1CON=C(C(=O)N[C@@H]1C(=O)N2C(C(=O)[O-])=C(C[n+]3ccccc3)CS[C@@H]12)c1csc(N)n1. The Balaban J connectivity index is 1.33. The zero-order valence-corrected chi connectivity index (χ0v) is 21.6.